The smallest absolute Gasteiger partial charge is 0.233 e. The predicted molar refractivity (Wildman–Crippen MR) is 140 cm³/mol. The molecular weight excluding hydrogens is 531 g/mol. The number of likely N-dealkylation sites (tertiary alicyclic amines) is 1. The molecule has 1 saturated heterocycles. The number of amides is 2. The standard InChI is InChI=1S/C24H34N6O2.HI/c1-4-25-24(28-15-16-7-10-19(27-14-16)29(5-2)6-3)26-11-12-30-22(31)20-17-8-9-18(13-17)21(20)23(30)32;/h7-10,14,17-18,20-21H,4-6,11-13,15H2,1-3H3,(H2,25,26,28);1H. The maximum atomic E-state index is 12.8. The average molecular weight is 566 g/mol. The zero-order valence-electron chi connectivity index (χ0n) is 19.7. The van der Waals surface area contributed by atoms with Gasteiger partial charge in [-0.3, -0.25) is 14.5 Å². The van der Waals surface area contributed by atoms with Crippen molar-refractivity contribution in [3.63, 3.8) is 0 Å². The molecular formula is C24H35IN6O2. The van der Waals surface area contributed by atoms with Gasteiger partial charge in [0.15, 0.2) is 5.96 Å². The van der Waals surface area contributed by atoms with Crippen molar-refractivity contribution >= 4 is 47.6 Å². The molecule has 2 aliphatic carbocycles. The number of carbonyl (C=O) groups is 2. The minimum absolute atomic E-state index is 0. The van der Waals surface area contributed by atoms with E-state index >= 15 is 0 Å². The molecule has 4 rings (SSSR count). The van der Waals surface area contributed by atoms with Gasteiger partial charge in [-0.1, -0.05) is 18.2 Å². The van der Waals surface area contributed by atoms with Gasteiger partial charge in [-0.2, -0.15) is 0 Å². The Bertz CT molecular complexity index is 869. The first-order valence-electron chi connectivity index (χ1n) is 11.8. The number of aromatic nitrogens is 1. The summed E-state index contributed by atoms with van der Waals surface area (Å²) in [4.78, 5) is 38.5. The van der Waals surface area contributed by atoms with Crippen LogP contribution in [0.3, 0.4) is 0 Å². The van der Waals surface area contributed by atoms with Gasteiger partial charge in [0.25, 0.3) is 0 Å². The number of anilines is 1. The highest BCUT2D eigenvalue weighted by Gasteiger charge is 2.58. The maximum Gasteiger partial charge on any atom is 0.233 e. The second kappa shape index (κ2) is 11.3. The number of guanidine groups is 1. The van der Waals surface area contributed by atoms with E-state index in [2.05, 4.69) is 57.6 Å². The fraction of sp³-hybridized carbons (Fsp3) is 0.583. The van der Waals surface area contributed by atoms with Crippen LogP contribution in [0.2, 0.25) is 0 Å². The Morgan fingerprint density at radius 1 is 1.09 bits per heavy atom. The third-order valence-electron chi connectivity index (χ3n) is 6.85. The van der Waals surface area contributed by atoms with Crippen LogP contribution in [-0.4, -0.2) is 60.4 Å². The monoisotopic (exact) mass is 566 g/mol. The molecule has 0 aromatic carbocycles. The van der Waals surface area contributed by atoms with E-state index in [1.807, 2.05) is 19.2 Å². The van der Waals surface area contributed by atoms with Gasteiger partial charge in [-0.15, -0.1) is 24.0 Å². The van der Waals surface area contributed by atoms with E-state index < -0.39 is 0 Å². The summed E-state index contributed by atoms with van der Waals surface area (Å²) in [5.41, 5.74) is 1.03. The minimum Gasteiger partial charge on any atom is -0.357 e. The number of allylic oxidation sites excluding steroid dienone is 2. The average Bonchev–Trinajstić information content (AvgIpc) is 3.49. The summed E-state index contributed by atoms with van der Waals surface area (Å²) < 4.78 is 0. The lowest BCUT2D eigenvalue weighted by atomic mass is 9.85. The molecule has 0 radical (unpaired) electrons. The van der Waals surface area contributed by atoms with Crippen LogP contribution in [0, 0.1) is 23.7 Å². The van der Waals surface area contributed by atoms with Crippen molar-refractivity contribution in [3.8, 4) is 0 Å². The Morgan fingerprint density at radius 3 is 2.30 bits per heavy atom. The van der Waals surface area contributed by atoms with Gasteiger partial charge in [0.1, 0.15) is 5.82 Å². The molecule has 2 amide bonds. The first-order chi connectivity index (χ1) is 15.6. The molecule has 1 aliphatic heterocycles. The van der Waals surface area contributed by atoms with Crippen molar-refractivity contribution in [3.05, 3.63) is 36.0 Å². The number of pyridine rings is 1. The molecule has 2 bridgehead atoms. The first-order valence-corrected chi connectivity index (χ1v) is 11.8. The fourth-order valence-electron chi connectivity index (χ4n) is 5.23. The fourth-order valence-corrected chi connectivity index (χ4v) is 5.23. The van der Waals surface area contributed by atoms with E-state index in [1.165, 1.54) is 4.90 Å². The third-order valence-corrected chi connectivity index (χ3v) is 6.85. The number of halogens is 1. The molecule has 2 heterocycles. The van der Waals surface area contributed by atoms with E-state index in [4.69, 9.17) is 0 Å². The highest BCUT2D eigenvalue weighted by Crippen LogP contribution is 2.52. The van der Waals surface area contributed by atoms with Crippen LogP contribution in [0.1, 0.15) is 32.8 Å². The number of imide groups is 1. The van der Waals surface area contributed by atoms with Gasteiger partial charge >= 0.3 is 0 Å². The molecule has 3 aliphatic rings. The van der Waals surface area contributed by atoms with Gasteiger partial charge < -0.3 is 15.5 Å². The topological polar surface area (TPSA) is 89.9 Å². The zero-order chi connectivity index (χ0) is 22.7. The molecule has 1 saturated carbocycles. The Kier molecular flexibility index (Phi) is 8.72. The third kappa shape index (κ3) is 5.17. The van der Waals surface area contributed by atoms with Gasteiger partial charge in [-0.05, 0) is 50.7 Å². The van der Waals surface area contributed by atoms with Crippen LogP contribution in [0.5, 0.6) is 0 Å². The molecule has 1 aromatic heterocycles. The number of hydrogen-bond donors (Lipinski definition) is 2. The number of nitrogens with zero attached hydrogens (tertiary/aromatic N) is 4. The molecule has 2 N–H and O–H groups in total. The molecule has 180 valence electrons. The van der Waals surface area contributed by atoms with E-state index in [0.29, 0.717) is 25.6 Å². The second-order valence-corrected chi connectivity index (χ2v) is 8.65. The summed E-state index contributed by atoms with van der Waals surface area (Å²) in [5.74, 6) is 1.87. The van der Waals surface area contributed by atoms with E-state index in [1.54, 1.807) is 0 Å². The summed E-state index contributed by atoms with van der Waals surface area (Å²) in [6.07, 6.45) is 7.07. The second-order valence-electron chi connectivity index (χ2n) is 8.65. The predicted octanol–water partition coefficient (Wildman–Crippen LogP) is 2.41. The summed E-state index contributed by atoms with van der Waals surface area (Å²) in [6.45, 7) is 10.2. The van der Waals surface area contributed by atoms with Crippen molar-refractivity contribution < 1.29 is 9.59 Å². The minimum atomic E-state index is -0.133. The van der Waals surface area contributed by atoms with Crippen molar-refractivity contribution in [1.29, 1.82) is 0 Å². The van der Waals surface area contributed by atoms with E-state index in [9.17, 15) is 9.59 Å². The molecule has 33 heavy (non-hydrogen) atoms. The Balaban J connectivity index is 0.00000306. The molecule has 4 unspecified atom stereocenters. The van der Waals surface area contributed by atoms with Crippen molar-refractivity contribution in [2.75, 3.05) is 37.6 Å². The van der Waals surface area contributed by atoms with Crippen molar-refractivity contribution in [2.24, 2.45) is 28.7 Å². The highest BCUT2D eigenvalue weighted by molar-refractivity contribution is 14.0. The largest absolute Gasteiger partial charge is 0.357 e. The number of carbonyl (C=O) groups excluding carboxylic acids is 2. The Labute approximate surface area is 213 Å². The number of fused-ring (bicyclic) bond motifs is 5. The Hall–Kier alpha value is -2.17. The SMILES string of the molecule is CCNC(=NCc1ccc(N(CC)CC)nc1)NCCN1C(=O)C2C3C=CC(C3)C2C1=O.I. The van der Waals surface area contributed by atoms with Crippen molar-refractivity contribution in [2.45, 2.75) is 33.7 Å². The van der Waals surface area contributed by atoms with Crippen LogP contribution < -0.4 is 15.5 Å². The van der Waals surface area contributed by atoms with Gasteiger partial charge in [0.2, 0.25) is 11.8 Å². The number of rotatable bonds is 9. The van der Waals surface area contributed by atoms with Gasteiger partial charge in [0, 0.05) is 38.9 Å². The molecule has 1 aromatic rings. The summed E-state index contributed by atoms with van der Waals surface area (Å²) in [5, 5.41) is 6.48. The molecule has 0 spiro atoms. The molecule has 8 nitrogen and oxygen atoms in total. The summed E-state index contributed by atoms with van der Waals surface area (Å²) >= 11 is 0. The number of aliphatic imine (C=N–C) groups is 1. The van der Waals surface area contributed by atoms with Crippen LogP contribution in [-0.2, 0) is 16.1 Å². The summed E-state index contributed by atoms with van der Waals surface area (Å²) in [6, 6.07) is 4.08. The first kappa shape index (κ1) is 25.5. The summed E-state index contributed by atoms with van der Waals surface area (Å²) in [7, 11) is 0. The van der Waals surface area contributed by atoms with Crippen LogP contribution in [0.4, 0.5) is 5.82 Å². The van der Waals surface area contributed by atoms with Crippen LogP contribution >= 0.6 is 24.0 Å². The molecule has 2 fully saturated rings. The lowest BCUT2D eigenvalue weighted by Gasteiger charge is -2.19. The van der Waals surface area contributed by atoms with Gasteiger partial charge in [0.05, 0.1) is 18.4 Å². The quantitative estimate of drug-likeness (QED) is 0.157. The number of nitrogens with one attached hydrogen (secondary N) is 2. The maximum absolute atomic E-state index is 12.8. The number of hydrogen-bond acceptors (Lipinski definition) is 5. The lowest BCUT2D eigenvalue weighted by Crippen LogP contribution is -2.43. The van der Waals surface area contributed by atoms with Crippen molar-refractivity contribution in [1.82, 2.24) is 20.5 Å². The Morgan fingerprint density at radius 2 is 1.76 bits per heavy atom. The van der Waals surface area contributed by atoms with Crippen LogP contribution in [0.15, 0.2) is 35.5 Å². The van der Waals surface area contributed by atoms with E-state index in [0.717, 1.165) is 37.4 Å². The molecule has 9 heteroatoms. The molecule has 4 atom stereocenters. The zero-order valence-corrected chi connectivity index (χ0v) is 22.0. The highest BCUT2D eigenvalue weighted by atomic mass is 127. The lowest BCUT2D eigenvalue weighted by molar-refractivity contribution is -0.140. The van der Waals surface area contributed by atoms with Gasteiger partial charge in [-0.25, -0.2) is 9.98 Å². The van der Waals surface area contributed by atoms with E-state index in [-0.39, 0.29) is 59.5 Å². The normalized spacial score (nSPS) is 25.3. The van der Waals surface area contributed by atoms with Crippen LogP contribution in [0.25, 0.3) is 0 Å².